The first-order valence-corrected chi connectivity index (χ1v) is 9.88. The van der Waals surface area contributed by atoms with Gasteiger partial charge in [0.25, 0.3) is 0 Å². The molecule has 1 aliphatic rings. The maximum Gasteiger partial charge on any atom is 0.422 e. The Balaban J connectivity index is 1.91. The van der Waals surface area contributed by atoms with Crippen molar-refractivity contribution >= 4 is 11.6 Å². The van der Waals surface area contributed by atoms with Gasteiger partial charge in [-0.1, -0.05) is 30.3 Å². The van der Waals surface area contributed by atoms with E-state index >= 15 is 8.78 Å². The Bertz CT molecular complexity index is 1410. The number of fused-ring (bicyclic) bond motifs is 10. The van der Waals surface area contributed by atoms with E-state index in [4.69, 9.17) is 0 Å². The number of rotatable bonds is 0. The zero-order valence-corrected chi connectivity index (χ0v) is 17.0. The molecule has 0 spiro atoms. The number of nitrogens with zero attached hydrogens (tertiary/aromatic N) is 2. The summed E-state index contributed by atoms with van der Waals surface area (Å²) in [6.45, 7) is 0. The van der Waals surface area contributed by atoms with Crippen LogP contribution in [0.5, 0.6) is 0 Å². The quantitative estimate of drug-likeness (QED) is 0.267. The molecule has 2 aromatic carbocycles. The monoisotopic (exact) mass is 466 g/mol. The van der Waals surface area contributed by atoms with E-state index < -0.39 is 46.1 Å². The van der Waals surface area contributed by atoms with Gasteiger partial charge in [-0.2, -0.15) is 13.2 Å². The predicted molar refractivity (Wildman–Crippen MR) is 111 cm³/mol. The number of ketones is 2. The second-order valence-corrected chi connectivity index (χ2v) is 7.53. The molecule has 9 heteroatoms. The normalized spacial score (nSPS) is 13.0. The fourth-order valence-electron chi connectivity index (χ4n) is 3.78. The zero-order chi connectivity index (χ0) is 24.2. The Morgan fingerprint density at radius 1 is 0.588 bits per heavy atom. The van der Waals surface area contributed by atoms with Crippen LogP contribution >= 0.6 is 0 Å². The highest BCUT2D eigenvalue weighted by molar-refractivity contribution is 6.12. The minimum absolute atomic E-state index is 0.0972. The van der Waals surface area contributed by atoms with Gasteiger partial charge in [0.1, 0.15) is 28.6 Å². The Kier molecular flexibility index (Phi) is 4.85. The molecular formula is C25H11F5N2O2. The van der Waals surface area contributed by atoms with Gasteiger partial charge >= 0.3 is 6.18 Å². The molecule has 0 fully saturated rings. The van der Waals surface area contributed by atoms with E-state index in [0.29, 0.717) is 0 Å². The van der Waals surface area contributed by atoms with Gasteiger partial charge in [-0.3, -0.25) is 9.59 Å². The van der Waals surface area contributed by atoms with Crippen LogP contribution in [0.1, 0.15) is 37.7 Å². The number of hydrogen-bond donors (Lipinski definition) is 0. The Morgan fingerprint density at radius 3 is 1.44 bits per heavy atom. The number of hydrogen-bond acceptors (Lipinski definition) is 4. The molecule has 2 aromatic heterocycles. The molecule has 34 heavy (non-hydrogen) atoms. The van der Waals surface area contributed by atoms with Gasteiger partial charge in [-0.15, -0.1) is 0 Å². The molecule has 8 bridgehead atoms. The van der Waals surface area contributed by atoms with E-state index in [-0.39, 0.29) is 33.9 Å². The molecule has 4 nitrogen and oxygen atoms in total. The van der Waals surface area contributed by atoms with Crippen LogP contribution in [0.3, 0.4) is 0 Å². The van der Waals surface area contributed by atoms with Crippen molar-refractivity contribution in [1.29, 1.82) is 0 Å². The molecule has 0 aliphatic carbocycles. The number of aromatic nitrogens is 2. The molecule has 0 saturated heterocycles. The van der Waals surface area contributed by atoms with E-state index in [1.165, 1.54) is 60.7 Å². The number of carbonyl (C=O) groups excluding carboxylic acids is 2. The average molecular weight is 466 g/mol. The maximum absolute atomic E-state index is 15.1. The minimum Gasteiger partial charge on any atom is -0.287 e. The molecule has 0 atom stereocenters. The van der Waals surface area contributed by atoms with Crippen molar-refractivity contribution in [3.05, 3.63) is 106 Å². The highest BCUT2D eigenvalue weighted by atomic mass is 19.4. The molecule has 3 heterocycles. The fraction of sp³-hybridized carbons (Fsp3) is 0.0400. The second-order valence-electron chi connectivity index (χ2n) is 7.53. The van der Waals surface area contributed by atoms with E-state index in [0.717, 1.165) is 6.07 Å². The molecule has 5 rings (SSSR count). The van der Waals surface area contributed by atoms with Crippen molar-refractivity contribution in [2.24, 2.45) is 0 Å². The van der Waals surface area contributed by atoms with Gasteiger partial charge < -0.3 is 0 Å². The molecule has 0 radical (unpaired) electrons. The van der Waals surface area contributed by atoms with Crippen molar-refractivity contribution in [3.63, 3.8) is 0 Å². The minimum atomic E-state index is -5.37. The lowest BCUT2D eigenvalue weighted by atomic mass is 9.96. The second kappa shape index (κ2) is 7.65. The summed E-state index contributed by atoms with van der Waals surface area (Å²) in [5.74, 6) is -5.00. The number of benzene rings is 2. The van der Waals surface area contributed by atoms with Crippen LogP contribution in [0.2, 0.25) is 0 Å². The summed E-state index contributed by atoms with van der Waals surface area (Å²) in [6.07, 6.45) is -5.37. The zero-order valence-electron chi connectivity index (χ0n) is 17.0. The largest absolute Gasteiger partial charge is 0.422 e. The summed E-state index contributed by atoms with van der Waals surface area (Å²) in [5.41, 5.74) is -4.21. The summed E-state index contributed by atoms with van der Waals surface area (Å²) in [7, 11) is 0. The first kappa shape index (κ1) is 21.6. The van der Waals surface area contributed by atoms with Gasteiger partial charge in [-0.25, -0.2) is 18.7 Å². The third kappa shape index (κ3) is 3.45. The van der Waals surface area contributed by atoms with Crippen molar-refractivity contribution in [2.45, 2.75) is 6.18 Å². The van der Waals surface area contributed by atoms with Gasteiger partial charge in [0.15, 0.2) is 0 Å². The van der Waals surface area contributed by atoms with Crippen molar-refractivity contribution < 1.29 is 31.5 Å². The summed E-state index contributed by atoms with van der Waals surface area (Å²) >= 11 is 0. The average Bonchev–Trinajstić information content (AvgIpc) is 2.82. The standard InChI is InChI=1S/C25H11F5N2O2/c26-21-14-11-15(22(27)20(21)25(28,29)30)17-7-3-9-19(32-17)24(34)13-5-1-4-12(10-13)23(33)18-8-2-6-16(14)31-18/h1-11H. The molecule has 0 N–H and O–H groups in total. The summed E-state index contributed by atoms with van der Waals surface area (Å²) in [5, 5.41) is 0. The Morgan fingerprint density at radius 2 is 1.00 bits per heavy atom. The fourth-order valence-corrected chi connectivity index (χ4v) is 3.78. The van der Waals surface area contributed by atoms with Crippen molar-refractivity contribution in [2.75, 3.05) is 0 Å². The van der Waals surface area contributed by atoms with E-state index in [2.05, 4.69) is 9.97 Å². The predicted octanol–water partition coefficient (Wildman–Crippen LogP) is 5.88. The molecule has 0 saturated carbocycles. The highest BCUT2D eigenvalue weighted by Gasteiger charge is 2.41. The first-order valence-electron chi connectivity index (χ1n) is 9.88. The highest BCUT2D eigenvalue weighted by Crippen LogP contribution is 2.41. The maximum atomic E-state index is 15.1. The topological polar surface area (TPSA) is 59.9 Å². The van der Waals surface area contributed by atoms with E-state index in [1.807, 2.05) is 0 Å². The SMILES string of the molecule is O=C1c2cccc(c2)C(=O)c2cccc(n2)-c2cc(c(F)c(C(F)(F)F)c2F)-c2cccc1n2. The van der Waals surface area contributed by atoms with Crippen molar-refractivity contribution in [1.82, 2.24) is 9.97 Å². The van der Waals surface area contributed by atoms with Crippen molar-refractivity contribution in [3.8, 4) is 22.5 Å². The Labute approximate surface area is 188 Å². The lowest BCUT2D eigenvalue weighted by molar-refractivity contribution is -0.142. The van der Waals surface area contributed by atoms with E-state index in [1.54, 1.807) is 0 Å². The third-order valence-electron chi connectivity index (χ3n) is 5.39. The smallest absolute Gasteiger partial charge is 0.287 e. The first-order chi connectivity index (χ1) is 16.1. The molecular weight excluding hydrogens is 455 g/mol. The molecule has 0 unspecified atom stereocenters. The van der Waals surface area contributed by atoms with Gasteiger partial charge in [0, 0.05) is 22.3 Å². The number of pyridine rings is 2. The van der Waals surface area contributed by atoms with Crippen LogP contribution in [-0.2, 0) is 6.18 Å². The molecule has 1 aliphatic heterocycles. The lowest BCUT2D eigenvalue weighted by Gasteiger charge is -2.16. The Hall–Kier alpha value is -4.27. The van der Waals surface area contributed by atoms with Crippen LogP contribution < -0.4 is 0 Å². The van der Waals surface area contributed by atoms with Gasteiger partial charge in [0.05, 0.1) is 11.4 Å². The van der Waals surface area contributed by atoms with Gasteiger partial charge in [-0.05, 0) is 36.4 Å². The van der Waals surface area contributed by atoms with Crippen LogP contribution in [0, 0.1) is 11.6 Å². The van der Waals surface area contributed by atoms with Crippen LogP contribution in [-0.4, -0.2) is 21.5 Å². The summed E-state index contributed by atoms with van der Waals surface area (Å²) < 4.78 is 71.2. The van der Waals surface area contributed by atoms with Gasteiger partial charge in [0.2, 0.25) is 11.6 Å². The number of alkyl halides is 3. The van der Waals surface area contributed by atoms with Crippen LogP contribution in [0.4, 0.5) is 22.0 Å². The number of carbonyl (C=O) groups is 2. The summed E-state index contributed by atoms with van der Waals surface area (Å²) in [4.78, 5) is 34.1. The summed E-state index contributed by atoms with van der Waals surface area (Å²) in [6, 6.07) is 14.3. The molecule has 168 valence electrons. The van der Waals surface area contributed by atoms with E-state index in [9.17, 15) is 22.8 Å². The molecule has 4 aromatic rings. The lowest BCUT2D eigenvalue weighted by Crippen LogP contribution is -2.15. The third-order valence-corrected chi connectivity index (χ3v) is 5.39. The van der Waals surface area contributed by atoms with Crippen LogP contribution in [0.15, 0.2) is 66.7 Å². The number of halogens is 5. The van der Waals surface area contributed by atoms with Crippen LogP contribution in [0.25, 0.3) is 22.5 Å². The molecule has 0 amide bonds.